The van der Waals surface area contributed by atoms with Gasteiger partial charge in [-0.2, -0.15) is 0 Å². The van der Waals surface area contributed by atoms with Crippen molar-refractivity contribution in [2.24, 2.45) is 0 Å². The number of benzene rings is 2. The minimum Gasteiger partial charge on any atom is -0.504 e. The lowest BCUT2D eigenvalue weighted by atomic mass is 10.2. The summed E-state index contributed by atoms with van der Waals surface area (Å²) < 4.78 is 5.47. The molecule has 2 rings (SSSR count). The van der Waals surface area contributed by atoms with E-state index in [-0.39, 0.29) is 18.3 Å². The molecule has 0 aromatic heterocycles. The number of phenolic OH excluding ortho intramolecular Hbond substituents is 1. The number of ether oxygens (including phenoxy) is 1. The average molecular weight is 328 g/mol. The lowest BCUT2D eigenvalue weighted by Gasteiger charge is -2.24. The third-order valence-corrected chi connectivity index (χ3v) is 3.60. The van der Waals surface area contributed by atoms with E-state index in [9.17, 15) is 9.90 Å². The Morgan fingerprint density at radius 2 is 1.67 bits per heavy atom. The minimum absolute atomic E-state index is 0.0354. The van der Waals surface area contributed by atoms with Crippen molar-refractivity contribution >= 4 is 5.91 Å². The van der Waals surface area contributed by atoms with Crippen molar-refractivity contribution in [3.63, 3.8) is 0 Å². The number of amides is 1. The molecule has 24 heavy (non-hydrogen) atoms. The molecule has 1 N–H and O–H groups in total. The summed E-state index contributed by atoms with van der Waals surface area (Å²) in [5, 5.41) is 9.72. The molecule has 0 unspecified atom stereocenters. The summed E-state index contributed by atoms with van der Waals surface area (Å²) in [4.78, 5) is 16.4. The highest BCUT2D eigenvalue weighted by Gasteiger charge is 2.15. The summed E-state index contributed by atoms with van der Waals surface area (Å²) in [7, 11) is 3.95. The van der Waals surface area contributed by atoms with Gasteiger partial charge in [-0.3, -0.25) is 4.79 Å². The van der Waals surface area contributed by atoms with Gasteiger partial charge in [0.2, 0.25) is 0 Å². The number of hydrogen-bond acceptors (Lipinski definition) is 4. The van der Waals surface area contributed by atoms with Gasteiger partial charge in [-0.15, -0.1) is 0 Å². The predicted molar refractivity (Wildman–Crippen MR) is 94.0 cm³/mol. The molecular formula is C19H24N2O3. The highest BCUT2D eigenvalue weighted by molar-refractivity contribution is 5.77. The van der Waals surface area contributed by atoms with Crippen LogP contribution in [0.15, 0.2) is 54.6 Å². The Morgan fingerprint density at radius 1 is 1.00 bits per heavy atom. The van der Waals surface area contributed by atoms with Crippen LogP contribution < -0.4 is 4.74 Å². The molecule has 0 radical (unpaired) electrons. The molecule has 0 aliphatic heterocycles. The van der Waals surface area contributed by atoms with Crippen molar-refractivity contribution < 1.29 is 14.6 Å². The summed E-state index contributed by atoms with van der Waals surface area (Å²) in [6.45, 7) is 1.83. The van der Waals surface area contributed by atoms with Gasteiger partial charge in [0.05, 0.1) is 0 Å². The van der Waals surface area contributed by atoms with E-state index in [4.69, 9.17) is 4.74 Å². The second-order valence-electron chi connectivity index (χ2n) is 5.86. The van der Waals surface area contributed by atoms with Crippen molar-refractivity contribution in [1.82, 2.24) is 9.80 Å². The van der Waals surface area contributed by atoms with E-state index in [0.29, 0.717) is 18.8 Å². The standard InChI is InChI=1S/C19H24N2O3/c1-20(2)12-13-21(14-16-8-4-3-5-9-16)19(23)15-24-18-11-7-6-10-17(18)22/h3-11,22H,12-15H2,1-2H3. The third-order valence-electron chi connectivity index (χ3n) is 3.60. The van der Waals surface area contributed by atoms with Crippen LogP contribution in [0.2, 0.25) is 0 Å². The Labute approximate surface area is 143 Å². The summed E-state index contributed by atoms with van der Waals surface area (Å²) >= 11 is 0. The van der Waals surface area contributed by atoms with Crippen molar-refractivity contribution in [2.75, 3.05) is 33.8 Å². The maximum absolute atomic E-state index is 12.5. The molecule has 0 heterocycles. The molecule has 0 fully saturated rings. The SMILES string of the molecule is CN(C)CCN(Cc1ccccc1)C(=O)COc1ccccc1O. The maximum atomic E-state index is 12.5. The number of likely N-dealkylation sites (N-methyl/N-ethyl adjacent to an activating group) is 1. The summed E-state index contributed by atoms with van der Waals surface area (Å²) in [6, 6.07) is 16.5. The van der Waals surface area contributed by atoms with Crippen LogP contribution in [0.25, 0.3) is 0 Å². The third kappa shape index (κ3) is 5.59. The molecule has 0 aliphatic rings. The lowest BCUT2D eigenvalue weighted by Crippen LogP contribution is -2.38. The van der Waals surface area contributed by atoms with Gasteiger partial charge in [-0.1, -0.05) is 42.5 Å². The number of carbonyl (C=O) groups is 1. The highest BCUT2D eigenvalue weighted by Crippen LogP contribution is 2.24. The van der Waals surface area contributed by atoms with E-state index in [0.717, 1.165) is 12.1 Å². The molecule has 2 aromatic carbocycles. The summed E-state index contributed by atoms with van der Waals surface area (Å²) in [5.41, 5.74) is 1.08. The van der Waals surface area contributed by atoms with Crippen molar-refractivity contribution in [3.05, 3.63) is 60.2 Å². The van der Waals surface area contributed by atoms with Crippen LogP contribution in [-0.2, 0) is 11.3 Å². The first kappa shape index (κ1) is 17.8. The fourth-order valence-corrected chi connectivity index (χ4v) is 2.23. The van der Waals surface area contributed by atoms with Crippen LogP contribution in [0, 0.1) is 0 Å². The van der Waals surface area contributed by atoms with E-state index in [1.165, 1.54) is 6.07 Å². The van der Waals surface area contributed by atoms with E-state index in [1.54, 1.807) is 23.1 Å². The van der Waals surface area contributed by atoms with Crippen LogP contribution >= 0.6 is 0 Å². The van der Waals surface area contributed by atoms with Crippen molar-refractivity contribution in [1.29, 1.82) is 0 Å². The van der Waals surface area contributed by atoms with Gasteiger partial charge in [-0.05, 0) is 31.8 Å². The number of hydrogen-bond donors (Lipinski definition) is 1. The van der Waals surface area contributed by atoms with Crippen molar-refractivity contribution in [2.45, 2.75) is 6.54 Å². The Bertz CT molecular complexity index is 644. The highest BCUT2D eigenvalue weighted by atomic mass is 16.5. The molecule has 128 valence electrons. The topological polar surface area (TPSA) is 53.0 Å². The van der Waals surface area contributed by atoms with Gasteiger partial charge in [0.25, 0.3) is 5.91 Å². The number of aromatic hydroxyl groups is 1. The van der Waals surface area contributed by atoms with Crippen LogP contribution in [0.4, 0.5) is 0 Å². The van der Waals surface area contributed by atoms with Crippen molar-refractivity contribution in [3.8, 4) is 11.5 Å². The van der Waals surface area contributed by atoms with Crippen LogP contribution in [0.5, 0.6) is 11.5 Å². The summed E-state index contributed by atoms with van der Waals surface area (Å²) in [5.74, 6) is 0.246. The molecule has 0 atom stereocenters. The van der Waals surface area contributed by atoms with Crippen LogP contribution in [0.3, 0.4) is 0 Å². The lowest BCUT2D eigenvalue weighted by molar-refractivity contribution is -0.134. The minimum atomic E-state index is -0.107. The molecule has 5 nitrogen and oxygen atoms in total. The smallest absolute Gasteiger partial charge is 0.260 e. The number of carbonyl (C=O) groups excluding carboxylic acids is 1. The number of para-hydroxylation sites is 2. The van der Waals surface area contributed by atoms with E-state index in [2.05, 4.69) is 0 Å². The van der Waals surface area contributed by atoms with Gasteiger partial charge in [0.15, 0.2) is 18.1 Å². The molecule has 2 aromatic rings. The van der Waals surface area contributed by atoms with Gasteiger partial charge in [-0.25, -0.2) is 0 Å². The monoisotopic (exact) mass is 328 g/mol. The molecular weight excluding hydrogens is 304 g/mol. The number of phenols is 1. The summed E-state index contributed by atoms with van der Waals surface area (Å²) in [6.07, 6.45) is 0. The van der Waals surface area contributed by atoms with Gasteiger partial charge < -0.3 is 19.6 Å². The fraction of sp³-hybridized carbons (Fsp3) is 0.316. The Hall–Kier alpha value is -2.53. The first-order chi connectivity index (χ1) is 11.6. The molecule has 0 saturated carbocycles. The number of rotatable bonds is 8. The molecule has 0 spiro atoms. The van der Waals surface area contributed by atoms with E-state index in [1.807, 2.05) is 49.3 Å². The number of nitrogens with zero attached hydrogens (tertiary/aromatic N) is 2. The zero-order valence-electron chi connectivity index (χ0n) is 14.2. The second kappa shape index (κ2) is 8.93. The van der Waals surface area contributed by atoms with E-state index >= 15 is 0 Å². The molecule has 0 aliphatic carbocycles. The fourth-order valence-electron chi connectivity index (χ4n) is 2.23. The van der Waals surface area contributed by atoms with Crippen LogP contribution in [-0.4, -0.2) is 54.6 Å². The first-order valence-corrected chi connectivity index (χ1v) is 7.93. The Kier molecular flexibility index (Phi) is 6.63. The molecule has 1 amide bonds. The average Bonchev–Trinajstić information content (AvgIpc) is 2.58. The van der Waals surface area contributed by atoms with Crippen LogP contribution in [0.1, 0.15) is 5.56 Å². The first-order valence-electron chi connectivity index (χ1n) is 7.93. The van der Waals surface area contributed by atoms with Gasteiger partial charge in [0.1, 0.15) is 0 Å². The predicted octanol–water partition coefficient (Wildman–Crippen LogP) is 2.36. The Morgan fingerprint density at radius 3 is 2.33 bits per heavy atom. The van der Waals surface area contributed by atoms with Gasteiger partial charge >= 0.3 is 0 Å². The Balaban J connectivity index is 1.99. The zero-order chi connectivity index (χ0) is 17.4. The molecule has 5 heteroatoms. The van der Waals surface area contributed by atoms with E-state index < -0.39 is 0 Å². The largest absolute Gasteiger partial charge is 0.504 e. The normalized spacial score (nSPS) is 10.6. The maximum Gasteiger partial charge on any atom is 0.260 e. The molecule has 0 saturated heterocycles. The van der Waals surface area contributed by atoms with Gasteiger partial charge in [0, 0.05) is 19.6 Å². The zero-order valence-corrected chi connectivity index (χ0v) is 14.2. The molecule has 0 bridgehead atoms. The second-order valence-corrected chi connectivity index (χ2v) is 5.86. The quantitative estimate of drug-likeness (QED) is 0.808.